The highest BCUT2D eigenvalue weighted by Crippen LogP contribution is 2.31. The number of fused-ring (bicyclic) bond motifs is 1. The highest BCUT2D eigenvalue weighted by molar-refractivity contribution is 5.98. The topological polar surface area (TPSA) is 72.3 Å². The standard InChI is InChI=1S/C23H20F3N5O2/c1-30(2)13-18-12-21(28-14-27-18)33-19-6-7-20-15(10-19)8-9-31(20)22(32)29-17-5-3-4-16(11-17)23(24,25)26/h3-12,14H,13H2,1-2H3,(H,29,32). The first kappa shape index (κ1) is 22.3. The summed E-state index contributed by atoms with van der Waals surface area (Å²) < 4.78 is 45.9. The van der Waals surface area contributed by atoms with Crippen molar-refractivity contribution in [3.63, 3.8) is 0 Å². The summed E-state index contributed by atoms with van der Waals surface area (Å²) in [4.78, 5) is 23.0. The Morgan fingerprint density at radius 1 is 1.09 bits per heavy atom. The monoisotopic (exact) mass is 455 g/mol. The maximum Gasteiger partial charge on any atom is 0.416 e. The fraction of sp³-hybridized carbons (Fsp3) is 0.174. The molecule has 0 unspecified atom stereocenters. The van der Waals surface area contributed by atoms with Crippen molar-refractivity contribution in [2.45, 2.75) is 12.7 Å². The fourth-order valence-electron chi connectivity index (χ4n) is 3.28. The molecule has 0 spiro atoms. The lowest BCUT2D eigenvalue weighted by molar-refractivity contribution is -0.137. The summed E-state index contributed by atoms with van der Waals surface area (Å²) in [5, 5.41) is 3.21. The van der Waals surface area contributed by atoms with Crippen LogP contribution in [-0.2, 0) is 12.7 Å². The smallest absolute Gasteiger partial charge is 0.416 e. The van der Waals surface area contributed by atoms with Crippen LogP contribution in [0.3, 0.4) is 0 Å². The highest BCUT2D eigenvalue weighted by Gasteiger charge is 2.30. The zero-order valence-corrected chi connectivity index (χ0v) is 17.8. The van der Waals surface area contributed by atoms with Crippen LogP contribution < -0.4 is 10.1 Å². The summed E-state index contributed by atoms with van der Waals surface area (Å²) >= 11 is 0. The number of benzene rings is 2. The molecule has 2 heterocycles. The van der Waals surface area contributed by atoms with E-state index in [2.05, 4.69) is 15.3 Å². The Bertz CT molecular complexity index is 1300. The number of rotatable bonds is 5. The van der Waals surface area contributed by atoms with Crippen LogP contribution in [-0.4, -0.2) is 39.6 Å². The van der Waals surface area contributed by atoms with E-state index in [1.165, 1.54) is 29.2 Å². The van der Waals surface area contributed by atoms with Gasteiger partial charge in [-0.15, -0.1) is 0 Å². The molecule has 1 N–H and O–H groups in total. The van der Waals surface area contributed by atoms with Crippen molar-refractivity contribution in [3.8, 4) is 11.6 Å². The number of ether oxygens (including phenoxy) is 1. The van der Waals surface area contributed by atoms with Gasteiger partial charge in [-0.3, -0.25) is 4.57 Å². The predicted molar refractivity (Wildman–Crippen MR) is 117 cm³/mol. The first-order valence-electron chi connectivity index (χ1n) is 9.92. The zero-order valence-electron chi connectivity index (χ0n) is 17.8. The van der Waals surface area contributed by atoms with Gasteiger partial charge in [0.1, 0.15) is 12.1 Å². The Balaban J connectivity index is 1.52. The molecule has 2 aromatic carbocycles. The van der Waals surface area contributed by atoms with Gasteiger partial charge in [0, 0.05) is 29.9 Å². The van der Waals surface area contributed by atoms with Gasteiger partial charge in [0.05, 0.1) is 16.8 Å². The lowest BCUT2D eigenvalue weighted by Crippen LogP contribution is -2.18. The van der Waals surface area contributed by atoms with Crippen LogP contribution in [0.15, 0.2) is 67.1 Å². The van der Waals surface area contributed by atoms with E-state index in [-0.39, 0.29) is 5.69 Å². The summed E-state index contributed by atoms with van der Waals surface area (Å²) in [5.41, 5.74) is 0.595. The maximum atomic E-state index is 12.9. The predicted octanol–water partition coefficient (Wildman–Crippen LogP) is 5.38. The van der Waals surface area contributed by atoms with E-state index in [1.54, 1.807) is 30.3 Å². The van der Waals surface area contributed by atoms with Crippen LogP contribution in [0, 0.1) is 0 Å². The van der Waals surface area contributed by atoms with Crippen molar-refractivity contribution in [2.24, 2.45) is 0 Å². The van der Waals surface area contributed by atoms with Gasteiger partial charge < -0.3 is 15.0 Å². The molecule has 170 valence electrons. The first-order chi connectivity index (χ1) is 15.7. The van der Waals surface area contributed by atoms with Crippen LogP contribution in [0.1, 0.15) is 11.3 Å². The third-order valence-corrected chi connectivity index (χ3v) is 4.72. The molecule has 0 saturated carbocycles. The third kappa shape index (κ3) is 5.29. The summed E-state index contributed by atoms with van der Waals surface area (Å²) in [5.74, 6) is 0.913. The molecule has 1 amide bonds. The number of hydrogen-bond donors (Lipinski definition) is 1. The molecule has 0 radical (unpaired) electrons. The third-order valence-electron chi connectivity index (χ3n) is 4.72. The molecule has 0 bridgehead atoms. The van der Waals surface area contributed by atoms with Gasteiger partial charge in [0.15, 0.2) is 0 Å². The van der Waals surface area contributed by atoms with Gasteiger partial charge in [-0.1, -0.05) is 6.07 Å². The lowest BCUT2D eigenvalue weighted by Gasteiger charge is -2.11. The van der Waals surface area contributed by atoms with Gasteiger partial charge in [-0.2, -0.15) is 13.2 Å². The van der Waals surface area contributed by atoms with Crippen LogP contribution in [0.2, 0.25) is 0 Å². The number of carbonyl (C=O) groups is 1. The summed E-state index contributed by atoms with van der Waals surface area (Å²) in [6, 6.07) is 12.5. The maximum absolute atomic E-state index is 12.9. The van der Waals surface area contributed by atoms with E-state index in [9.17, 15) is 18.0 Å². The first-order valence-corrected chi connectivity index (χ1v) is 9.92. The average molecular weight is 455 g/mol. The Morgan fingerprint density at radius 3 is 2.67 bits per heavy atom. The number of amides is 1. The number of hydrogen-bond acceptors (Lipinski definition) is 5. The molecule has 0 aliphatic heterocycles. The number of alkyl halides is 3. The quantitative estimate of drug-likeness (QED) is 0.437. The van der Waals surface area contributed by atoms with Gasteiger partial charge >= 0.3 is 12.2 Å². The summed E-state index contributed by atoms with van der Waals surface area (Å²) in [7, 11) is 3.87. The molecule has 10 heteroatoms. The normalized spacial score (nSPS) is 11.7. The van der Waals surface area contributed by atoms with Gasteiger partial charge in [0.2, 0.25) is 5.88 Å². The van der Waals surface area contributed by atoms with E-state index in [0.717, 1.165) is 17.8 Å². The number of aromatic nitrogens is 3. The Morgan fingerprint density at radius 2 is 1.91 bits per heavy atom. The van der Waals surface area contributed by atoms with Gasteiger partial charge in [0.25, 0.3) is 0 Å². The van der Waals surface area contributed by atoms with E-state index >= 15 is 0 Å². The van der Waals surface area contributed by atoms with Crippen molar-refractivity contribution >= 4 is 22.6 Å². The van der Waals surface area contributed by atoms with Crippen LogP contribution in [0.25, 0.3) is 10.9 Å². The minimum absolute atomic E-state index is 0.0499. The van der Waals surface area contributed by atoms with E-state index in [4.69, 9.17) is 4.74 Å². The molecule has 2 aromatic heterocycles. The van der Waals surface area contributed by atoms with Gasteiger partial charge in [-0.25, -0.2) is 14.8 Å². The van der Waals surface area contributed by atoms with E-state index in [0.29, 0.717) is 29.1 Å². The van der Waals surface area contributed by atoms with Crippen molar-refractivity contribution < 1.29 is 22.7 Å². The number of nitrogens with one attached hydrogen (secondary N) is 1. The molecule has 33 heavy (non-hydrogen) atoms. The largest absolute Gasteiger partial charge is 0.439 e. The molecule has 7 nitrogen and oxygen atoms in total. The number of anilines is 1. The highest BCUT2D eigenvalue weighted by atomic mass is 19.4. The van der Waals surface area contributed by atoms with E-state index < -0.39 is 17.8 Å². The van der Waals surface area contributed by atoms with Crippen LogP contribution in [0.5, 0.6) is 11.6 Å². The molecule has 0 aliphatic carbocycles. The molecule has 4 rings (SSSR count). The molecule has 0 saturated heterocycles. The SMILES string of the molecule is CN(C)Cc1cc(Oc2ccc3c(ccn3C(=O)Nc3cccc(C(F)(F)F)c3)c2)ncn1. The number of halogens is 3. The second kappa shape index (κ2) is 8.91. The summed E-state index contributed by atoms with van der Waals surface area (Å²) in [6.45, 7) is 0.641. The second-order valence-corrected chi connectivity index (χ2v) is 7.60. The molecular formula is C23H20F3N5O2. The Hall–Kier alpha value is -3.92. The zero-order chi connectivity index (χ0) is 23.6. The van der Waals surface area contributed by atoms with Crippen LogP contribution >= 0.6 is 0 Å². The molecule has 0 fully saturated rings. The van der Waals surface area contributed by atoms with E-state index in [1.807, 2.05) is 19.0 Å². The average Bonchev–Trinajstić information content (AvgIpc) is 3.16. The van der Waals surface area contributed by atoms with Crippen molar-refractivity contribution in [2.75, 3.05) is 19.4 Å². The van der Waals surface area contributed by atoms with Gasteiger partial charge in [-0.05, 0) is 56.6 Å². The number of nitrogens with zero attached hydrogens (tertiary/aromatic N) is 4. The van der Waals surface area contributed by atoms with Crippen molar-refractivity contribution in [1.82, 2.24) is 19.4 Å². The van der Waals surface area contributed by atoms with Crippen LogP contribution in [0.4, 0.5) is 23.7 Å². The minimum Gasteiger partial charge on any atom is -0.439 e. The lowest BCUT2D eigenvalue weighted by atomic mass is 10.2. The fourth-order valence-corrected chi connectivity index (χ4v) is 3.28. The number of carbonyl (C=O) groups excluding carboxylic acids is 1. The van der Waals surface area contributed by atoms with Crippen molar-refractivity contribution in [3.05, 3.63) is 78.4 Å². The molecule has 0 aliphatic rings. The molecule has 0 atom stereocenters. The molecular weight excluding hydrogens is 435 g/mol. The molecule has 4 aromatic rings. The second-order valence-electron chi connectivity index (χ2n) is 7.60. The summed E-state index contributed by atoms with van der Waals surface area (Å²) in [6.07, 6.45) is -1.52. The van der Waals surface area contributed by atoms with Crippen molar-refractivity contribution in [1.29, 1.82) is 0 Å². The Labute approximate surface area is 187 Å². The Kier molecular flexibility index (Phi) is 6.01. The minimum atomic E-state index is -4.49.